The molecule has 2 rings (SSSR count). The highest BCUT2D eigenvalue weighted by Crippen LogP contribution is 2.43. The van der Waals surface area contributed by atoms with Gasteiger partial charge in [-0.3, -0.25) is 9.89 Å². The number of guanidine groups is 1. The normalized spacial score (nSPS) is 21.3. The third-order valence-corrected chi connectivity index (χ3v) is 5.92. The van der Waals surface area contributed by atoms with Gasteiger partial charge in [-0.25, -0.2) is 0 Å². The van der Waals surface area contributed by atoms with E-state index in [-0.39, 0.29) is 24.0 Å². The molecule has 1 saturated heterocycles. The van der Waals surface area contributed by atoms with Crippen molar-refractivity contribution in [1.82, 2.24) is 15.5 Å². The van der Waals surface area contributed by atoms with Crippen molar-refractivity contribution in [2.45, 2.75) is 52.0 Å². The van der Waals surface area contributed by atoms with Gasteiger partial charge < -0.3 is 20.1 Å². The van der Waals surface area contributed by atoms with Crippen molar-refractivity contribution in [3.63, 3.8) is 0 Å². The molecule has 1 saturated carbocycles. The molecule has 1 aliphatic heterocycles. The Bertz CT molecular complexity index is 424. The first-order chi connectivity index (χ1) is 12.6. The lowest BCUT2D eigenvalue weighted by molar-refractivity contribution is 0.0132. The van der Waals surface area contributed by atoms with E-state index in [9.17, 15) is 0 Å². The molecule has 0 amide bonds. The molecule has 2 N–H and O–H groups in total. The van der Waals surface area contributed by atoms with Gasteiger partial charge >= 0.3 is 0 Å². The van der Waals surface area contributed by atoms with Gasteiger partial charge in [0, 0.05) is 53.0 Å². The number of rotatable bonds is 10. The maximum absolute atomic E-state index is 5.52. The van der Waals surface area contributed by atoms with Crippen LogP contribution in [0.15, 0.2) is 4.99 Å². The monoisotopic (exact) mass is 496 g/mol. The van der Waals surface area contributed by atoms with Crippen LogP contribution in [-0.4, -0.2) is 77.1 Å². The minimum Gasteiger partial charge on any atom is -0.385 e. The van der Waals surface area contributed by atoms with E-state index < -0.39 is 0 Å². The molecule has 7 heteroatoms. The van der Waals surface area contributed by atoms with Gasteiger partial charge in [-0.15, -0.1) is 24.0 Å². The Balaban J connectivity index is 0.00000364. The molecule has 0 bridgehead atoms. The van der Waals surface area contributed by atoms with Gasteiger partial charge in [-0.1, -0.05) is 20.3 Å². The standard InChI is InChI=1S/C20H40N4O2.HI/c1-17(2)14-18(24-9-12-26-13-10-24)15-22-19(21-3)23-16-20(6-5-7-20)8-11-25-4;/h17-18H,5-16H2,1-4H3,(H2,21,22,23);1H. The Labute approximate surface area is 183 Å². The van der Waals surface area contributed by atoms with E-state index in [0.29, 0.717) is 17.4 Å². The SMILES string of the molecule is CN=C(NCC(CC(C)C)N1CCOCC1)NCC1(CCOC)CCC1.I. The fourth-order valence-corrected chi connectivity index (χ4v) is 4.07. The van der Waals surface area contributed by atoms with Crippen molar-refractivity contribution >= 4 is 29.9 Å². The smallest absolute Gasteiger partial charge is 0.191 e. The molecule has 0 aromatic heterocycles. The van der Waals surface area contributed by atoms with Gasteiger partial charge in [-0.05, 0) is 37.0 Å². The number of aliphatic imine (C=N–C) groups is 1. The Morgan fingerprint density at radius 2 is 1.93 bits per heavy atom. The predicted octanol–water partition coefficient (Wildman–Crippen LogP) is 2.72. The number of hydrogen-bond acceptors (Lipinski definition) is 4. The second-order valence-corrected chi connectivity index (χ2v) is 8.33. The lowest BCUT2D eigenvalue weighted by Crippen LogP contribution is -2.52. The molecular formula is C20H41IN4O2. The summed E-state index contributed by atoms with van der Waals surface area (Å²) in [7, 11) is 3.66. The zero-order valence-electron chi connectivity index (χ0n) is 17.8. The zero-order chi connectivity index (χ0) is 18.8. The fraction of sp³-hybridized carbons (Fsp3) is 0.950. The molecule has 0 aromatic carbocycles. The molecule has 160 valence electrons. The number of hydrogen-bond donors (Lipinski definition) is 2. The number of ether oxygens (including phenoxy) is 2. The second kappa shape index (κ2) is 13.2. The number of nitrogens with one attached hydrogen (secondary N) is 2. The molecule has 2 aliphatic rings. The molecule has 0 aromatic rings. The molecule has 1 atom stereocenters. The van der Waals surface area contributed by atoms with Crippen molar-refractivity contribution in [3.05, 3.63) is 0 Å². The van der Waals surface area contributed by atoms with E-state index in [0.717, 1.165) is 58.4 Å². The highest BCUT2D eigenvalue weighted by molar-refractivity contribution is 14.0. The lowest BCUT2D eigenvalue weighted by Gasteiger charge is -2.42. The Kier molecular flexibility index (Phi) is 12.2. The summed E-state index contributed by atoms with van der Waals surface area (Å²) in [6.07, 6.45) is 6.26. The van der Waals surface area contributed by atoms with Crippen LogP contribution >= 0.6 is 24.0 Å². The molecule has 1 heterocycles. The molecule has 6 nitrogen and oxygen atoms in total. The van der Waals surface area contributed by atoms with E-state index in [1.165, 1.54) is 25.7 Å². The highest BCUT2D eigenvalue weighted by atomic mass is 127. The van der Waals surface area contributed by atoms with Crippen molar-refractivity contribution in [3.8, 4) is 0 Å². The van der Waals surface area contributed by atoms with Gasteiger partial charge in [0.15, 0.2) is 5.96 Å². The first-order valence-corrected chi connectivity index (χ1v) is 10.3. The Morgan fingerprint density at radius 1 is 1.22 bits per heavy atom. The summed E-state index contributed by atoms with van der Waals surface area (Å²) < 4.78 is 10.8. The lowest BCUT2D eigenvalue weighted by atomic mass is 9.67. The quantitative estimate of drug-likeness (QED) is 0.277. The summed E-state index contributed by atoms with van der Waals surface area (Å²) in [5.74, 6) is 1.61. The number of morpholine rings is 1. The summed E-state index contributed by atoms with van der Waals surface area (Å²) in [6, 6.07) is 0.531. The topological polar surface area (TPSA) is 58.1 Å². The summed E-state index contributed by atoms with van der Waals surface area (Å²) in [5.41, 5.74) is 0.398. The molecule has 0 spiro atoms. The third-order valence-electron chi connectivity index (χ3n) is 5.92. The molecule has 0 radical (unpaired) electrons. The number of methoxy groups -OCH3 is 1. The van der Waals surface area contributed by atoms with Gasteiger partial charge in [0.1, 0.15) is 0 Å². The van der Waals surface area contributed by atoms with Crippen LogP contribution in [0, 0.1) is 11.3 Å². The van der Waals surface area contributed by atoms with Crippen molar-refractivity contribution in [1.29, 1.82) is 0 Å². The average molecular weight is 496 g/mol. The van der Waals surface area contributed by atoms with Crippen molar-refractivity contribution < 1.29 is 9.47 Å². The van der Waals surface area contributed by atoms with Crippen LogP contribution < -0.4 is 10.6 Å². The van der Waals surface area contributed by atoms with Gasteiger partial charge in [0.05, 0.1) is 13.2 Å². The first kappa shape index (κ1) is 24.9. The number of halogens is 1. The van der Waals surface area contributed by atoms with E-state index >= 15 is 0 Å². The maximum Gasteiger partial charge on any atom is 0.191 e. The number of nitrogens with zero attached hydrogens (tertiary/aromatic N) is 2. The maximum atomic E-state index is 5.52. The Hall–Kier alpha value is -0.120. The zero-order valence-corrected chi connectivity index (χ0v) is 20.1. The van der Waals surface area contributed by atoms with Gasteiger partial charge in [-0.2, -0.15) is 0 Å². The average Bonchev–Trinajstić information content (AvgIpc) is 2.62. The molecular weight excluding hydrogens is 455 g/mol. The highest BCUT2D eigenvalue weighted by Gasteiger charge is 2.36. The summed E-state index contributed by atoms with van der Waals surface area (Å²) in [4.78, 5) is 7.01. The van der Waals surface area contributed by atoms with Crippen LogP contribution in [0.1, 0.15) is 46.0 Å². The van der Waals surface area contributed by atoms with Gasteiger partial charge in [0.2, 0.25) is 0 Å². The Morgan fingerprint density at radius 3 is 2.44 bits per heavy atom. The molecule has 1 unspecified atom stereocenters. The van der Waals surface area contributed by atoms with Crippen LogP contribution in [0.2, 0.25) is 0 Å². The van der Waals surface area contributed by atoms with E-state index in [1.54, 1.807) is 7.11 Å². The summed E-state index contributed by atoms with van der Waals surface area (Å²) in [6.45, 7) is 11.1. The largest absolute Gasteiger partial charge is 0.385 e. The van der Waals surface area contributed by atoms with E-state index in [1.807, 2.05) is 7.05 Å². The minimum atomic E-state index is 0. The van der Waals surface area contributed by atoms with E-state index in [2.05, 4.69) is 34.4 Å². The minimum absolute atomic E-state index is 0. The van der Waals surface area contributed by atoms with Crippen molar-refractivity contribution in [2.75, 3.05) is 60.2 Å². The van der Waals surface area contributed by atoms with Crippen LogP contribution in [0.3, 0.4) is 0 Å². The predicted molar refractivity (Wildman–Crippen MR) is 123 cm³/mol. The van der Waals surface area contributed by atoms with Crippen LogP contribution in [-0.2, 0) is 9.47 Å². The van der Waals surface area contributed by atoms with Crippen molar-refractivity contribution in [2.24, 2.45) is 16.3 Å². The molecule has 1 aliphatic carbocycles. The molecule has 2 fully saturated rings. The van der Waals surface area contributed by atoms with Crippen LogP contribution in [0.5, 0.6) is 0 Å². The summed E-state index contributed by atoms with van der Waals surface area (Å²) >= 11 is 0. The third kappa shape index (κ3) is 8.41. The van der Waals surface area contributed by atoms with Crippen LogP contribution in [0.25, 0.3) is 0 Å². The van der Waals surface area contributed by atoms with E-state index in [4.69, 9.17) is 9.47 Å². The summed E-state index contributed by atoms with van der Waals surface area (Å²) in [5, 5.41) is 7.15. The first-order valence-electron chi connectivity index (χ1n) is 10.3. The second-order valence-electron chi connectivity index (χ2n) is 8.33. The van der Waals surface area contributed by atoms with Gasteiger partial charge in [0.25, 0.3) is 0 Å². The molecule has 27 heavy (non-hydrogen) atoms. The van der Waals surface area contributed by atoms with Crippen LogP contribution in [0.4, 0.5) is 0 Å². The fourth-order valence-electron chi connectivity index (χ4n) is 4.07.